The lowest BCUT2D eigenvalue weighted by molar-refractivity contribution is 0.204. The van der Waals surface area contributed by atoms with Gasteiger partial charge in [0, 0.05) is 6.04 Å². The molecule has 0 bridgehead atoms. The van der Waals surface area contributed by atoms with Crippen molar-refractivity contribution in [3.63, 3.8) is 0 Å². The lowest BCUT2D eigenvalue weighted by Gasteiger charge is -2.36. The molecule has 0 radical (unpaired) electrons. The summed E-state index contributed by atoms with van der Waals surface area (Å²) in [5.74, 6) is 0.679. The first-order chi connectivity index (χ1) is 5.52. The molecule has 1 heterocycles. The summed E-state index contributed by atoms with van der Waals surface area (Å²) >= 11 is 0. The molecule has 0 aromatic heterocycles. The largest absolute Gasteiger partial charge is 0.327 e. The first-order valence-electron chi connectivity index (χ1n) is 4.98. The minimum absolute atomic E-state index is 0.254. The van der Waals surface area contributed by atoms with Gasteiger partial charge < -0.3 is 11.1 Å². The molecule has 0 saturated carbocycles. The average Bonchev–Trinajstić information content (AvgIpc) is 2.03. The molecule has 0 spiro atoms. The molecule has 0 amide bonds. The van der Waals surface area contributed by atoms with E-state index in [0.29, 0.717) is 12.0 Å². The van der Waals surface area contributed by atoms with E-state index in [-0.39, 0.29) is 5.41 Å². The molecule has 2 unspecified atom stereocenters. The maximum atomic E-state index is 6.19. The third-order valence-corrected chi connectivity index (χ3v) is 2.84. The van der Waals surface area contributed by atoms with Crippen LogP contribution in [0.2, 0.25) is 0 Å². The standard InChI is InChI=1S/C10H22N2/c1-10(2,3)9(11)8-5-4-6-12-7-8/h8-9,12H,4-7,11H2,1-3H3. The molecule has 0 aromatic carbocycles. The van der Waals surface area contributed by atoms with Crippen LogP contribution in [0.15, 0.2) is 0 Å². The van der Waals surface area contributed by atoms with Crippen molar-refractivity contribution in [3.8, 4) is 0 Å². The van der Waals surface area contributed by atoms with E-state index in [9.17, 15) is 0 Å². The van der Waals surface area contributed by atoms with Crippen LogP contribution in [-0.4, -0.2) is 19.1 Å². The van der Waals surface area contributed by atoms with E-state index in [1.54, 1.807) is 0 Å². The fraction of sp³-hybridized carbons (Fsp3) is 1.00. The predicted molar refractivity (Wildman–Crippen MR) is 53.0 cm³/mol. The van der Waals surface area contributed by atoms with Crippen LogP contribution in [0, 0.1) is 11.3 Å². The molecular weight excluding hydrogens is 148 g/mol. The van der Waals surface area contributed by atoms with Gasteiger partial charge >= 0.3 is 0 Å². The highest BCUT2D eigenvalue weighted by Crippen LogP contribution is 2.26. The van der Waals surface area contributed by atoms with Gasteiger partial charge in [-0.2, -0.15) is 0 Å². The summed E-state index contributed by atoms with van der Waals surface area (Å²) in [5.41, 5.74) is 6.44. The molecule has 12 heavy (non-hydrogen) atoms. The minimum Gasteiger partial charge on any atom is -0.327 e. The molecule has 72 valence electrons. The average molecular weight is 170 g/mol. The van der Waals surface area contributed by atoms with E-state index in [2.05, 4.69) is 26.1 Å². The Morgan fingerprint density at radius 3 is 2.50 bits per heavy atom. The highest BCUT2D eigenvalue weighted by molar-refractivity contribution is 4.86. The highest BCUT2D eigenvalue weighted by atomic mass is 14.9. The van der Waals surface area contributed by atoms with Crippen LogP contribution in [0.25, 0.3) is 0 Å². The van der Waals surface area contributed by atoms with E-state index in [1.807, 2.05) is 0 Å². The summed E-state index contributed by atoms with van der Waals surface area (Å²) in [5, 5.41) is 3.41. The summed E-state index contributed by atoms with van der Waals surface area (Å²) in [7, 11) is 0. The molecule has 3 N–H and O–H groups in total. The fourth-order valence-corrected chi connectivity index (χ4v) is 1.89. The third-order valence-electron chi connectivity index (χ3n) is 2.84. The predicted octanol–water partition coefficient (Wildman–Crippen LogP) is 1.36. The zero-order chi connectivity index (χ0) is 9.19. The first kappa shape index (κ1) is 10.0. The molecular formula is C10H22N2. The van der Waals surface area contributed by atoms with Crippen molar-refractivity contribution in [1.82, 2.24) is 5.32 Å². The lowest BCUT2D eigenvalue weighted by Crippen LogP contribution is -2.47. The van der Waals surface area contributed by atoms with Crippen molar-refractivity contribution in [1.29, 1.82) is 0 Å². The molecule has 1 aliphatic rings. The Bertz CT molecular complexity index is 131. The second-order valence-corrected chi connectivity index (χ2v) is 5.00. The smallest absolute Gasteiger partial charge is 0.0128 e. The Balaban J connectivity index is 2.45. The third kappa shape index (κ3) is 2.46. The zero-order valence-electron chi connectivity index (χ0n) is 8.56. The van der Waals surface area contributed by atoms with Crippen LogP contribution in [0.4, 0.5) is 0 Å². The summed E-state index contributed by atoms with van der Waals surface area (Å²) in [4.78, 5) is 0. The Morgan fingerprint density at radius 2 is 2.08 bits per heavy atom. The van der Waals surface area contributed by atoms with Crippen LogP contribution in [0.5, 0.6) is 0 Å². The van der Waals surface area contributed by atoms with E-state index in [1.165, 1.54) is 19.4 Å². The molecule has 0 aromatic rings. The summed E-state index contributed by atoms with van der Waals surface area (Å²) in [6.45, 7) is 8.97. The van der Waals surface area contributed by atoms with Crippen LogP contribution in [-0.2, 0) is 0 Å². The number of rotatable bonds is 1. The zero-order valence-corrected chi connectivity index (χ0v) is 8.56. The monoisotopic (exact) mass is 170 g/mol. The normalized spacial score (nSPS) is 28.5. The molecule has 1 aliphatic heterocycles. The molecule has 1 fully saturated rings. The maximum Gasteiger partial charge on any atom is 0.0128 e. The van der Waals surface area contributed by atoms with Crippen molar-refractivity contribution < 1.29 is 0 Å². The van der Waals surface area contributed by atoms with Crippen LogP contribution < -0.4 is 11.1 Å². The highest BCUT2D eigenvalue weighted by Gasteiger charge is 2.29. The van der Waals surface area contributed by atoms with Gasteiger partial charge in [0.2, 0.25) is 0 Å². The van der Waals surface area contributed by atoms with Crippen molar-refractivity contribution >= 4 is 0 Å². The summed E-state index contributed by atoms with van der Waals surface area (Å²) < 4.78 is 0. The molecule has 1 saturated heterocycles. The Hall–Kier alpha value is -0.0800. The Morgan fingerprint density at radius 1 is 1.42 bits per heavy atom. The van der Waals surface area contributed by atoms with E-state index < -0.39 is 0 Å². The van der Waals surface area contributed by atoms with Gasteiger partial charge in [0.15, 0.2) is 0 Å². The van der Waals surface area contributed by atoms with E-state index in [4.69, 9.17) is 5.73 Å². The van der Waals surface area contributed by atoms with Gasteiger partial charge in [0.05, 0.1) is 0 Å². The summed E-state index contributed by atoms with van der Waals surface area (Å²) in [6, 6.07) is 0.338. The Kier molecular flexibility index (Phi) is 3.13. The lowest BCUT2D eigenvalue weighted by atomic mass is 9.77. The Labute approximate surface area is 75.9 Å². The SMILES string of the molecule is CC(C)(C)C(N)C1CCCNC1. The van der Waals surface area contributed by atoms with Gasteiger partial charge in [-0.25, -0.2) is 0 Å². The van der Waals surface area contributed by atoms with Crippen LogP contribution in [0.3, 0.4) is 0 Å². The number of piperidine rings is 1. The second kappa shape index (κ2) is 3.75. The quantitative estimate of drug-likeness (QED) is 0.623. The molecule has 2 atom stereocenters. The first-order valence-corrected chi connectivity index (χ1v) is 4.98. The summed E-state index contributed by atoms with van der Waals surface area (Å²) in [6.07, 6.45) is 2.58. The topological polar surface area (TPSA) is 38.0 Å². The van der Waals surface area contributed by atoms with E-state index in [0.717, 1.165) is 6.54 Å². The maximum absolute atomic E-state index is 6.19. The second-order valence-electron chi connectivity index (χ2n) is 5.00. The van der Waals surface area contributed by atoms with Gasteiger partial charge in [0.25, 0.3) is 0 Å². The van der Waals surface area contributed by atoms with Gasteiger partial charge in [-0.05, 0) is 37.3 Å². The van der Waals surface area contributed by atoms with Crippen molar-refractivity contribution in [2.24, 2.45) is 17.1 Å². The van der Waals surface area contributed by atoms with Gasteiger partial charge in [0.1, 0.15) is 0 Å². The van der Waals surface area contributed by atoms with E-state index >= 15 is 0 Å². The number of hydrogen-bond donors (Lipinski definition) is 2. The van der Waals surface area contributed by atoms with Gasteiger partial charge in [-0.3, -0.25) is 0 Å². The van der Waals surface area contributed by atoms with Crippen LogP contribution in [0.1, 0.15) is 33.6 Å². The molecule has 2 heteroatoms. The molecule has 0 aliphatic carbocycles. The van der Waals surface area contributed by atoms with Gasteiger partial charge in [-0.15, -0.1) is 0 Å². The fourth-order valence-electron chi connectivity index (χ4n) is 1.89. The van der Waals surface area contributed by atoms with Crippen molar-refractivity contribution in [3.05, 3.63) is 0 Å². The van der Waals surface area contributed by atoms with Crippen LogP contribution >= 0.6 is 0 Å². The molecule has 2 nitrogen and oxygen atoms in total. The van der Waals surface area contributed by atoms with Crippen molar-refractivity contribution in [2.45, 2.75) is 39.7 Å². The number of hydrogen-bond acceptors (Lipinski definition) is 2. The minimum atomic E-state index is 0.254. The molecule has 1 rings (SSSR count). The number of nitrogens with two attached hydrogens (primary N) is 1. The van der Waals surface area contributed by atoms with Crippen molar-refractivity contribution in [2.75, 3.05) is 13.1 Å². The number of nitrogens with one attached hydrogen (secondary N) is 1. The van der Waals surface area contributed by atoms with Gasteiger partial charge in [-0.1, -0.05) is 20.8 Å².